The first-order valence-corrected chi connectivity index (χ1v) is 11.8. The normalized spacial score (nSPS) is 21.8. The van der Waals surface area contributed by atoms with Crippen molar-refractivity contribution in [2.24, 2.45) is 5.92 Å². The molecule has 6 nitrogen and oxygen atoms in total. The standard InChI is InChI=1S/C21H32N2O4S/c1-15(2)16-10-11-19(27-3)20(13-16)28(25,26)23-12-6-7-17(14-23)21(24)22-18-8-4-5-9-18/h10-11,13,15,17-18H,4-9,12,14H2,1-3H3,(H,22,24)/t17-/m1/s1. The van der Waals surface area contributed by atoms with Crippen LogP contribution in [0.2, 0.25) is 0 Å². The Labute approximate surface area is 168 Å². The number of rotatable bonds is 6. The highest BCUT2D eigenvalue weighted by molar-refractivity contribution is 7.89. The predicted octanol–water partition coefficient (Wildman–Crippen LogP) is 3.28. The second-order valence-corrected chi connectivity index (χ2v) is 10.2. The number of nitrogens with zero attached hydrogens (tertiary/aromatic N) is 1. The van der Waals surface area contributed by atoms with Gasteiger partial charge in [-0.05, 0) is 49.3 Å². The molecule has 1 heterocycles. The molecule has 1 saturated carbocycles. The average molecular weight is 409 g/mol. The summed E-state index contributed by atoms with van der Waals surface area (Å²) in [6, 6.07) is 5.58. The van der Waals surface area contributed by atoms with E-state index in [2.05, 4.69) is 5.32 Å². The van der Waals surface area contributed by atoms with E-state index in [-0.39, 0.29) is 35.2 Å². The summed E-state index contributed by atoms with van der Waals surface area (Å²) in [5, 5.41) is 3.12. The van der Waals surface area contributed by atoms with E-state index in [4.69, 9.17) is 4.74 Å². The molecule has 0 aromatic heterocycles. The fourth-order valence-corrected chi connectivity index (χ4v) is 5.87. The van der Waals surface area contributed by atoms with E-state index < -0.39 is 10.0 Å². The number of piperidine rings is 1. The highest BCUT2D eigenvalue weighted by Gasteiger charge is 2.35. The van der Waals surface area contributed by atoms with Crippen molar-refractivity contribution in [3.63, 3.8) is 0 Å². The van der Waals surface area contributed by atoms with Gasteiger partial charge >= 0.3 is 0 Å². The van der Waals surface area contributed by atoms with Gasteiger partial charge in [0.15, 0.2) is 0 Å². The number of hydrogen-bond acceptors (Lipinski definition) is 4. The molecule has 28 heavy (non-hydrogen) atoms. The molecule has 2 aliphatic rings. The van der Waals surface area contributed by atoms with Crippen LogP contribution in [0.5, 0.6) is 5.75 Å². The maximum absolute atomic E-state index is 13.4. The van der Waals surface area contributed by atoms with Gasteiger partial charge < -0.3 is 10.1 Å². The smallest absolute Gasteiger partial charge is 0.246 e. The van der Waals surface area contributed by atoms with Crippen LogP contribution in [0.4, 0.5) is 0 Å². The van der Waals surface area contributed by atoms with Gasteiger partial charge in [0, 0.05) is 19.1 Å². The minimum atomic E-state index is -3.73. The number of sulfonamides is 1. The lowest BCUT2D eigenvalue weighted by molar-refractivity contribution is -0.126. The highest BCUT2D eigenvalue weighted by Crippen LogP contribution is 2.32. The molecule has 1 N–H and O–H groups in total. The van der Waals surface area contributed by atoms with Crippen LogP contribution in [-0.4, -0.2) is 44.9 Å². The maximum atomic E-state index is 13.4. The third-order valence-corrected chi connectivity index (χ3v) is 7.81. The lowest BCUT2D eigenvalue weighted by Crippen LogP contribution is -2.47. The summed E-state index contributed by atoms with van der Waals surface area (Å²) in [4.78, 5) is 12.9. The van der Waals surface area contributed by atoms with E-state index in [1.165, 1.54) is 11.4 Å². The van der Waals surface area contributed by atoms with Gasteiger partial charge in [-0.2, -0.15) is 4.31 Å². The molecule has 0 unspecified atom stereocenters. The van der Waals surface area contributed by atoms with Crippen molar-refractivity contribution in [1.29, 1.82) is 0 Å². The average Bonchev–Trinajstić information content (AvgIpc) is 3.20. The first-order chi connectivity index (χ1) is 13.3. The Balaban J connectivity index is 1.79. The largest absolute Gasteiger partial charge is 0.495 e. The van der Waals surface area contributed by atoms with E-state index >= 15 is 0 Å². The minimum absolute atomic E-state index is 0.00491. The number of ether oxygens (including phenoxy) is 1. The Kier molecular flexibility index (Phi) is 6.65. The fraction of sp³-hybridized carbons (Fsp3) is 0.667. The van der Waals surface area contributed by atoms with E-state index in [0.717, 1.165) is 37.7 Å². The summed E-state index contributed by atoms with van der Waals surface area (Å²) in [6.45, 7) is 4.73. The zero-order chi connectivity index (χ0) is 20.3. The summed E-state index contributed by atoms with van der Waals surface area (Å²) in [6.07, 6.45) is 5.78. The molecule has 0 spiro atoms. The second kappa shape index (κ2) is 8.82. The number of methoxy groups -OCH3 is 1. The summed E-state index contributed by atoms with van der Waals surface area (Å²) < 4.78 is 33.5. The Morgan fingerprint density at radius 2 is 1.89 bits per heavy atom. The first kappa shape index (κ1) is 21.1. The van der Waals surface area contributed by atoms with Crippen molar-refractivity contribution in [3.8, 4) is 5.75 Å². The highest BCUT2D eigenvalue weighted by atomic mass is 32.2. The molecule has 1 saturated heterocycles. The molecule has 1 atom stereocenters. The van der Waals surface area contributed by atoms with Crippen LogP contribution in [0.3, 0.4) is 0 Å². The summed E-state index contributed by atoms with van der Waals surface area (Å²) in [5.74, 6) is 0.270. The van der Waals surface area contributed by atoms with Crippen LogP contribution in [0.25, 0.3) is 0 Å². The third-order valence-electron chi connectivity index (χ3n) is 5.93. The Morgan fingerprint density at radius 3 is 2.54 bits per heavy atom. The molecule has 1 aliphatic carbocycles. The van der Waals surface area contributed by atoms with E-state index in [1.807, 2.05) is 19.9 Å². The van der Waals surface area contributed by atoms with E-state index in [1.54, 1.807) is 12.1 Å². The quantitative estimate of drug-likeness (QED) is 0.784. The number of carbonyl (C=O) groups excluding carboxylic acids is 1. The zero-order valence-electron chi connectivity index (χ0n) is 17.1. The summed E-state index contributed by atoms with van der Waals surface area (Å²) in [5.41, 5.74) is 0.951. The SMILES string of the molecule is COc1ccc(C(C)C)cc1S(=O)(=O)N1CCC[C@@H](C(=O)NC2CCCC2)C1. The molecular formula is C21H32N2O4S. The molecule has 3 rings (SSSR count). The van der Waals surface area contributed by atoms with Crippen LogP contribution in [0.1, 0.15) is 63.9 Å². The van der Waals surface area contributed by atoms with Crippen LogP contribution < -0.4 is 10.1 Å². The molecule has 0 radical (unpaired) electrons. The summed E-state index contributed by atoms with van der Waals surface area (Å²) in [7, 11) is -2.24. The van der Waals surface area contributed by atoms with Crippen molar-refractivity contribution in [2.75, 3.05) is 20.2 Å². The Morgan fingerprint density at radius 1 is 1.18 bits per heavy atom. The minimum Gasteiger partial charge on any atom is -0.495 e. The fourth-order valence-electron chi connectivity index (χ4n) is 4.16. The number of nitrogens with one attached hydrogen (secondary N) is 1. The van der Waals surface area contributed by atoms with Gasteiger partial charge in [0.2, 0.25) is 15.9 Å². The van der Waals surface area contributed by atoms with Crippen molar-refractivity contribution in [1.82, 2.24) is 9.62 Å². The molecular weight excluding hydrogens is 376 g/mol. The van der Waals surface area contributed by atoms with Crippen molar-refractivity contribution in [2.45, 2.75) is 69.2 Å². The molecule has 1 aromatic carbocycles. The third kappa shape index (κ3) is 4.51. The number of benzene rings is 1. The maximum Gasteiger partial charge on any atom is 0.246 e. The summed E-state index contributed by atoms with van der Waals surface area (Å²) >= 11 is 0. The van der Waals surface area contributed by atoms with Crippen LogP contribution in [0.15, 0.2) is 23.1 Å². The van der Waals surface area contributed by atoms with Crippen LogP contribution in [-0.2, 0) is 14.8 Å². The van der Waals surface area contributed by atoms with Gasteiger partial charge in [-0.3, -0.25) is 4.79 Å². The Hall–Kier alpha value is -1.60. The molecule has 1 aromatic rings. The topological polar surface area (TPSA) is 75.7 Å². The Bertz CT molecular complexity index is 801. The lowest BCUT2D eigenvalue weighted by atomic mass is 9.98. The lowest BCUT2D eigenvalue weighted by Gasteiger charge is -2.32. The first-order valence-electron chi connectivity index (χ1n) is 10.3. The number of carbonyl (C=O) groups is 1. The van der Waals surface area contributed by atoms with Crippen molar-refractivity contribution in [3.05, 3.63) is 23.8 Å². The molecule has 1 aliphatic heterocycles. The second-order valence-electron chi connectivity index (χ2n) is 8.26. The van der Waals surface area contributed by atoms with Gasteiger partial charge in [0.05, 0.1) is 13.0 Å². The van der Waals surface area contributed by atoms with Gasteiger partial charge in [0.1, 0.15) is 10.6 Å². The zero-order valence-corrected chi connectivity index (χ0v) is 17.9. The van der Waals surface area contributed by atoms with Gasteiger partial charge in [-0.15, -0.1) is 0 Å². The van der Waals surface area contributed by atoms with Crippen molar-refractivity contribution >= 4 is 15.9 Å². The number of amides is 1. The number of hydrogen-bond donors (Lipinski definition) is 1. The molecule has 2 fully saturated rings. The molecule has 1 amide bonds. The molecule has 156 valence electrons. The van der Waals surface area contributed by atoms with E-state index in [0.29, 0.717) is 18.7 Å². The van der Waals surface area contributed by atoms with E-state index in [9.17, 15) is 13.2 Å². The monoisotopic (exact) mass is 408 g/mol. The van der Waals surface area contributed by atoms with Gasteiger partial charge in [-0.25, -0.2) is 8.42 Å². The van der Waals surface area contributed by atoms with Crippen LogP contribution in [0, 0.1) is 5.92 Å². The molecule has 0 bridgehead atoms. The predicted molar refractivity (Wildman–Crippen MR) is 109 cm³/mol. The van der Waals surface area contributed by atoms with Gasteiger partial charge in [0.25, 0.3) is 0 Å². The van der Waals surface area contributed by atoms with Crippen molar-refractivity contribution < 1.29 is 17.9 Å². The molecule has 7 heteroatoms. The van der Waals surface area contributed by atoms with Gasteiger partial charge in [-0.1, -0.05) is 32.8 Å². The van der Waals surface area contributed by atoms with Crippen LogP contribution >= 0.6 is 0 Å².